The molecule has 0 saturated carbocycles. The van der Waals surface area contributed by atoms with Gasteiger partial charge in [0, 0.05) is 17.9 Å². The lowest BCUT2D eigenvalue weighted by Crippen LogP contribution is -2.30. The number of thioether (sulfide) groups is 1. The van der Waals surface area contributed by atoms with E-state index >= 15 is 0 Å². The highest BCUT2D eigenvalue weighted by molar-refractivity contribution is 7.99. The average molecular weight is 514 g/mol. The van der Waals surface area contributed by atoms with Gasteiger partial charge in [0.15, 0.2) is 11.0 Å². The highest BCUT2D eigenvalue weighted by Crippen LogP contribution is 2.29. The molecule has 0 unspecified atom stereocenters. The molecule has 0 fully saturated rings. The van der Waals surface area contributed by atoms with Crippen LogP contribution in [0.5, 0.6) is 5.75 Å². The van der Waals surface area contributed by atoms with Crippen molar-refractivity contribution in [3.05, 3.63) is 95.3 Å². The SMILES string of the molecule is COc1ccccc1C(=O)NCc1nnc(SCC(=O)N2CCc3ccccc32)n1-c1cccc(C)c1. The summed E-state index contributed by atoms with van der Waals surface area (Å²) in [6, 6.07) is 23.0. The normalized spacial score (nSPS) is 12.3. The van der Waals surface area contributed by atoms with Gasteiger partial charge in [-0.15, -0.1) is 10.2 Å². The lowest BCUT2D eigenvalue weighted by Gasteiger charge is -2.17. The number of para-hydroxylation sites is 2. The van der Waals surface area contributed by atoms with Gasteiger partial charge in [0.2, 0.25) is 5.91 Å². The first kappa shape index (κ1) is 24.6. The maximum absolute atomic E-state index is 13.1. The summed E-state index contributed by atoms with van der Waals surface area (Å²) in [5.74, 6) is 1.05. The molecular weight excluding hydrogens is 486 g/mol. The lowest BCUT2D eigenvalue weighted by atomic mass is 10.2. The quantitative estimate of drug-likeness (QED) is 0.355. The van der Waals surface area contributed by atoms with Gasteiger partial charge in [-0.3, -0.25) is 14.2 Å². The zero-order valence-corrected chi connectivity index (χ0v) is 21.5. The number of aromatic nitrogens is 3. The summed E-state index contributed by atoms with van der Waals surface area (Å²) in [4.78, 5) is 27.8. The van der Waals surface area contributed by atoms with Crippen LogP contribution in [-0.4, -0.2) is 46.0 Å². The van der Waals surface area contributed by atoms with E-state index in [-0.39, 0.29) is 24.1 Å². The molecule has 0 bridgehead atoms. The first-order chi connectivity index (χ1) is 18.0. The molecule has 0 radical (unpaired) electrons. The summed E-state index contributed by atoms with van der Waals surface area (Å²) >= 11 is 1.34. The van der Waals surface area contributed by atoms with Crippen LogP contribution in [0.3, 0.4) is 0 Å². The van der Waals surface area contributed by atoms with E-state index in [4.69, 9.17) is 4.74 Å². The van der Waals surface area contributed by atoms with Crippen molar-refractivity contribution in [3.8, 4) is 11.4 Å². The Balaban J connectivity index is 1.36. The van der Waals surface area contributed by atoms with Gasteiger partial charge in [-0.2, -0.15) is 0 Å². The van der Waals surface area contributed by atoms with Crippen molar-refractivity contribution < 1.29 is 14.3 Å². The van der Waals surface area contributed by atoms with Crippen LogP contribution < -0.4 is 15.0 Å². The van der Waals surface area contributed by atoms with Crippen LogP contribution in [0, 0.1) is 6.92 Å². The standard InChI is InChI=1S/C28H27N5O3S/c1-19-8-7-10-21(16-19)33-25(17-29-27(35)22-11-4-6-13-24(22)36-2)30-31-28(33)37-18-26(34)32-15-14-20-9-3-5-12-23(20)32/h3-13,16H,14-15,17-18H2,1-2H3,(H,29,35). The van der Waals surface area contributed by atoms with Crippen molar-refractivity contribution in [1.82, 2.24) is 20.1 Å². The molecule has 188 valence electrons. The van der Waals surface area contributed by atoms with E-state index in [1.54, 1.807) is 18.2 Å². The van der Waals surface area contributed by atoms with Crippen LogP contribution in [0.1, 0.15) is 27.3 Å². The molecule has 1 aliphatic rings. The molecule has 9 heteroatoms. The second kappa shape index (κ2) is 10.9. The zero-order valence-electron chi connectivity index (χ0n) is 20.7. The number of methoxy groups -OCH3 is 1. The van der Waals surface area contributed by atoms with Crippen molar-refractivity contribution in [2.24, 2.45) is 0 Å². The lowest BCUT2D eigenvalue weighted by molar-refractivity contribution is -0.116. The van der Waals surface area contributed by atoms with Gasteiger partial charge >= 0.3 is 0 Å². The molecule has 0 saturated heterocycles. The van der Waals surface area contributed by atoms with Gasteiger partial charge in [0.1, 0.15) is 5.75 Å². The van der Waals surface area contributed by atoms with Crippen LogP contribution in [0.4, 0.5) is 5.69 Å². The number of carbonyl (C=O) groups excluding carboxylic acids is 2. The molecule has 0 spiro atoms. The van der Waals surface area contributed by atoms with Gasteiger partial charge in [0.25, 0.3) is 5.91 Å². The van der Waals surface area contributed by atoms with E-state index in [1.807, 2.05) is 64.9 Å². The number of carbonyl (C=O) groups is 2. The van der Waals surface area contributed by atoms with Gasteiger partial charge in [-0.25, -0.2) is 0 Å². The third-order valence-electron chi connectivity index (χ3n) is 6.23. The Morgan fingerprint density at radius 1 is 1.03 bits per heavy atom. The number of benzene rings is 3. The molecule has 0 atom stereocenters. The maximum atomic E-state index is 13.1. The van der Waals surface area contributed by atoms with E-state index in [9.17, 15) is 9.59 Å². The molecule has 1 aliphatic heterocycles. The number of amides is 2. The van der Waals surface area contributed by atoms with Crippen molar-refractivity contribution in [3.63, 3.8) is 0 Å². The molecule has 3 aromatic carbocycles. The smallest absolute Gasteiger partial charge is 0.255 e. The molecular formula is C28H27N5O3S. The molecule has 0 aliphatic carbocycles. The Morgan fingerprint density at radius 3 is 2.68 bits per heavy atom. The fraction of sp³-hybridized carbons (Fsp3) is 0.214. The predicted octanol–water partition coefficient (Wildman–Crippen LogP) is 4.20. The number of hydrogen-bond donors (Lipinski definition) is 1. The third kappa shape index (κ3) is 5.22. The molecule has 8 nitrogen and oxygen atoms in total. The second-order valence-electron chi connectivity index (χ2n) is 8.67. The maximum Gasteiger partial charge on any atom is 0.255 e. The minimum Gasteiger partial charge on any atom is -0.496 e. The first-order valence-electron chi connectivity index (χ1n) is 12.0. The van der Waals surface area contributed by atoms with Crippen molar-refractivity contribution >= 4 is 29.3 Å². The predicted molar refractivity (Wildman–Crippen MR) is 143 cm³/mol. The molecule has 2 amide bonds. The molecule has 2 heterocycles. The van der Waals surface area contributed by atoms with Crippen LogP contribution >= 0.6 is 11.8 Å². The van der Waals surface area contributed by atoms with Crippen molar-refractivity contribution in [2.75, 3.05) is 24.3 Å². The molecule has 1 N–H and O–H groups in total. The summed E-state index contributed by atoms with van der Waals surface area (Å²) in [6.07, 6.45) is 0.863. The van der Waals surface area contributed by atoms with E-state index in [2.05, 4.69) is 21.6 Å². The van der Waals surface area contributed by atoms with Crippen molar-refractivity contribution in [2.45, 2.75) is 25.0 Å². The Hall–Kier alpha value is -4.11. The fourth-order valence-electron chi connectivity index (χ4n) is 4.42. The highest BCUT2D eigenvalue weighted by atomic mass is 32.2. The monoisotopic (exact) mass is 513 g/mol. The zero-order chi connectivity index (χ0) is 25.8. The number of hydrogen-bond acceptors (Lipinski definition) is 6. The summed E-state index contributed by atoms with van der Waals surface area (Å²) < 4.78 is 7.21. The highest BCUT2D eigenvalue weighted by Gasteiger charge is 2.25. The Kier molecular flexibility index (Phi) is 7.23. The van der Waals surface area contributed by atoms with E-state index in [1.165, 1.54) is 24.4 Å². The Bertz CT molecular complexity index is 1450. The van der Waals surface area contributed by atoms with Crippen LogP contribution in [-0.2, 0) is 17.8 Å². The average Bonchev–Trinajstić information content (AvgIpc) is 3.54. The summed E-state index contributed by atoms with van der Waals surface area (Å²) in [7, 11) is 1.53. The van der Waals surface area contributed by atoms with Gasteiger partial charge < -0.3 is 15.0 Å². The summed E-state index contributed by atoms with van der Waals surface area (Å²) in [5.41, 5.74) is 4.56. The molecule has 37 heavy (non-hydrogen) atoms. The molecule has 4 aromatic rings. The number of nitrogens with zero attached hydrogens (tertiary/aromatic N) is 4. The van der Waals surface area contributed by atoms with Gasteiger partial charge in [0.05, 0.1) is 25.0 Å². The number of anilines is 1. The number of nitrogens with one attached hydrogen (secondary N) is 1. The van der Waals surface area contributed by atoms with E-state index in [0.29, 0.717) is 28.8 Å². The number of rotatable bonds is 8. The number of ether oxygens (including phenoxy) is 1. The number of fused-ring (bicyclic) bond motifs is 1. The molecule has 1 aromatic heterocycles. The van der Waals surface area contributed by atoms with Crippen LogP contribution in [0.2, 0.25) is 0 Å². The second-order valence-corrected chi connectivity index (χ2v) is 9.61. The molecule has 5 rings (SSSR count). The first-order valence-corrected chi connectivity index (χ1v) is 13.0. The topological polar surface area (TPSA) is 89.3 Å². The van der Waals surface area contributed by atoms with Gasteiger partial charge in [-0.05, 0) is 54.8 Å². The number of aryl methyl sites for hydroxylation is 1. The Labute approximate surface area is 219 Å². The largest absolute Gasteiger partial charge is 0.496 e. The van der Waals surface area contributed by atoms with Gasteiger partial charge in [-0.1, -0.05) is 54.2 Å². The third-order valence-corrected chi connectivity index (χ3v) is 7.15. The van der Waals surface area contributed by atoms with E-state index < -0.39 is 0 Å². The summed E-state index contributed by atoms with van der Waals surface area (Å²) in [5, 5.41) is 12.3. The fourth-order valence-corrected chi connectivity index (χ4v) is 5.27. The Morgan fingerprint density at radius 2 is 1.84 bits per heavy atom. The van der Waals surface area contributed by atoms with Crippen molar-refractivity contribution in [1.29, 1.82) is 0 Å². The van der Waals surface area contributed by atoms with Crippen LogP contribution in [0.25, 0.3) is 5.69 Å². The van der Waals surface area contributed by atoms with E-state index in [0.717, 1.165) is 23.4 Å². The summed E-state index contributed by atoms with van der Waals surface area (Å²) in [6.45, 7) is 2.85. The minimum absolute atomic E-state index is 0.0276. The van der Waals surface area contributed by atoms with Crippen LogP contribution in [0.15, 0.2) is 78.0 Å². The minimum atomic E-state index is -0.270.